The standard InChI is InChI=1S/C15H15N3O/c1-11-5-3-6-12(9-11)10-13-16-14-7-4-8-15(19-2)18(14)17-13/h3-9H,10H2,1-2H3. The molecule has 4 nitrogen and oxygen atoms in total. The van der Waals surface area contributed by atoms with Crippen LogP contribution in [0.4, 0.5) is 0 Å². The van der Waals surface area contributed by atoms with Crippen molar-refractivity contribution in [1.82, 2.24) is 14.6 Å². The lowest BCUT2D eigenvalue weighted by Crippen LogP contribution is -1.96. The molecule has 96 valence electrons. The zero-order chi connectivity index (χ0) is 13.2. The zero-order valence-corrected chi connectivity index (χ0v) is 11.0. The van der Waals surface area contributed by atoms with Gasteiger partial charge in [0, 0.05) is 12.5 Å². The van der Waals surface area contributed by atoms with Crippen LogP contribution in [0.25, 0.3) is 5.65 Å². The molecule has 0 aliphatic rings. The van der Waals surface area contributed by atoms with Gasteiger partial charge >= 0.3 is 0 Å². The van der Waals surface area contributed by atoms with Crippen LogP contribution in [0.3, 0.4) is 0 Å². The molecule has 3 aromatic rings. The first kappa shape index (κ1) is 11.7. The molecule has 0 atom stereocenters. The Morgan fingerprint density at radius 2 is 2.00 bits per heavy atom. The Hall–Kier alpha value is -2.36. The van der Waals surface area contributed by atoms with Crippen molar-refractivity contribution in [1.29, 1.82) is 0 Å². The third-order valence-electron chi connectivity index (χ3n) is 3.02. The van der Waals surface area contributed by atoms with Crippen LogP contribution in [0.5, 0.6) is 5.88 Å². The Morgan fingerprint density at radius 3 is 2.79 bits per heavy atom. The van der Waals surface area contributed by atoms with Gasteiger partial charge in [0.05, 0.1) is 7.11 Å². The Morgan fingerprint density at radius 1 is 1.16 bits per heavy atom. The summed E-state index contributed by atoms with van der Waals surface area (Å²) >= 11 is 0. The van der Waals surface area contributed by atoms with Crippen LogP contribution in [0.15, 0.2) is 42.5 Å². The normalized spacial score (nSPS) is 10.8. The first-order valence-electron chi connectivity index (χ1n) is 6.20. The molecule has 0 N–H and O–H groups in total. The van der Waals surface area contributed by atoms with E-state index in [1.165, 1.54) is 11.1 Å². The van der Waals surface area contributed by atoms with Gasteiger partial charge in [-0.2, -0.15) is 4.52 Å². The summed E-state index contributed by atoms with van der Waals surface area (Å²) in [5.74, 6) is 1.50. The van der Waals surface area contributed by atoms with E-state index in [4.69, 9.17) is 4.74 Å². The van der Waals surface area contributed by atoms with E-state index in [0.29, 0.717) is 5.88 Å². The maximum atomic E-state index is 5.27. The topological polar surface area (TPSA) is 39.4 Å². The van der Waals surface area contributed by atoms with Crippen molar-refractivity contribution in [3.05, 3.63) is 59.4 Å². The van der Waals surface area contributed by atoms with Crippen molar-refractivity contribution in [3.63, 3.8) is 0 Å². The summed E-state index contributed by atoms with van der Waals surface area (Å²) in [5.41, 5.74) is 3.27. The highest BCUT2D eigenvalue weighted by Gasteiger charge is 2.07. The minimum atomic E-state index is 0.695. The van der Waals surface area contributed by atoms with Crippen LogP contribution in [-0.4, -0.2) is 21.7 Å². The number of hydrogen-bond acceptors (Lipinski definition) is 3. The monoisotopic (exact) mass is 253 g/mol. The third kappa shape index (κ3) is 2.29. The van der Waals surface area contributed by atoms with Crippen molar-refractivity contribution >= 4 is 5.65 Å². The average Bonchev–Trinajstić information content (AvgIpc) is 2.80. The van der Waals surface area contributed by atoms with E-state index in [2.05, 4.69) is 41.3 Å². The first-order valence-corrected chi connectivity index (χ1v) is 6.20. The molecule has 2 heterocycles. The average molecular weight is 253 g/mol. The van der Waals surface area contributed by atoms with E-state index in [1.54, 1.807) is 11.6 Å². The van der Waals surface area contributed by atoms with E-state index in [0.717, 1.165) is 17.9 Å². The largest absolute Gasteiger partial charge is 0.481 e. The zero-order valence-electron chi connectivity index (χ0n) is 11.0. The molecule has 0 bridgehead atoms. The van der Waals surface area contributed by atoms with Gasteiger partial charge in [-0.15, -0.1) is 5.10 Å². The number of aromatic nitrogens is 3. The number of rotatable bonds is 3. The van der Waals surface area contributed by atoms with Crippen molar-refractivity contribution in [2.75, 3.05) is 7.11 Å². The first-order chi connectivity index (χ1) is 9.26. The molecular formula is C15H15N3O. The molecule has 4 heteroatoms. The Bertz CT molecular complexity index is 718. The summed E-state index contributed by atoms with van der Waals surface area (Å²) in [4.78, 5) is 4.52. The van der Waals surface area contributed by atoms with Crippen LogP contribution >= 0.6 is 0 Å². The maximum absolute atomic E-state index is 5.27. The van der Waals surface area contributed by atoms with E-state index in [1.807, 2.05) is 18.2 Å². The van der Waals surface area contributed by atoms with Crippen LogP contribution in [0, 0.1) is 6.92 Å². The molecule has 19 heavy (non-hydrogen) atoms. The highest BCUT2D eigenvalue weighted by Crippen LogP contribution is 2.14. The molecule has 3 rings (SSSR count). The molecule has 2 aromatic heterocycles. The number of benzene rings is 1. The summed E-state index contributed by atoms with van der Waals surface area (Å²) in [6, 6.07) is 14.1. The van der Waals surface area contributed by atoms with Crippen LogP contribution < -0.4 is 4.74 Å². The number of pyridine rings is 1. The highest BCUT2D eigenvalue weighted by molar-refractivity contribution is 5.41. The minimum absolute atomic E-state index is 0.695. The predicted octanol–water partition coefficient (Wildman–Crippen LogP) is 2.64. The van der Waals surface area contributed by atoms with Gasteiger partial charge in [-0.1, -0.05) is 35.9 Å². The smallest absolute Gasteiger partial charge is 0.216 e. The fraction of sp³-hybridized carbons (Fsp3) is 0.200. The molecule has 0 saturated carbocycles. The molecule has 1 aromatic carbocycles. The lowest BCUT2D eigenvalue weighted by Gasteiger charge is -2.00. The second-order valence-electron chi connectivity index (χ2n) is 4.53. The summed E-state index contributed by atoms with van der Waals surface area (Å²) in [7, 11) is 1.64. The number of nitrogens with zero attached hydrogens (tertiary/aromatic N) is 3. The van der Waals surface area contributed by atoms with Gasteiger partial charge in [0.1, 0.15) is 0 Å². The van der Waals surface area contributed by atoms with E-state index >= 15 is 0 Å². The molecule has 0 aliphatic carbocycles. The van der Waals surface area contributed by atoms with Gasteiger partial charge in [0.25, 0.3) is 0 Å². The molecule has 0 unspecified atom stereocenters. The Labute approximate surface area is 111 Å². The number of ether oxygens (including phenoxy) is 1. The summed E-state index contributed by atoms with van der Waals surface area (Å²) in [5, 5.41) is 4.49. The minimum Gasteiger partial charge on any atom is -0.481 e. The number of hydrogen-bond donors (Lipinski definition) is 0. The van der Waals surface area contributed by atoms with Crippen molar-refractivity contribution < 1.29 is 4.74 Å². The van der Waals surface area contributed by atoms with Crippen molar-refractivity contribution in [2.45, 2.75) is 13.3 Å². The molecule has 0 aliphatic heterocycles. The second-order valence-corrected chi connectivity index (χ2v) is 4.53. The Kier molecular flexibility index (Phi) is 2.91. The van der Waals surface area contributed by atoms with Crippen LogP contribution in [0.2, 0.25) is 0 Å². The fourth-order valence-corrected chi connectivity index (χ4v) is 2.16. The quantitative estimate of drug-likeness (QED) is 0.720. The van der Waals surface area contributed by atoms with Crippen molar-refractivity contribution in [2.24, 2.45) is 0 Å². The molecular weight excluding hydrogens is 238 g/mol. The second kappa shape index (κ2) is 4.72. The lowest BCUT2D eigenvalue weighted by molar-refractivity contribution is 0.385. The number of methoxy groups -OCH3 is 1. The van der Waals surface area contributed by atoms with Gasteiger partial charge < -0.3 is 4.74 Å². The van der Waals surface area contributed by atoms with E-state index in [-0.39, 0.29) is 0 Å². The van der Waals surface area contributed by atoms with Crippen molar-refractivity contribution in [3.8, 4) is 5.88 Å². The molecule has 0 fully saturated rings. The van der Waals surface area contributed by atoms with E-state index < -0.39 is 0 Å². The maximum Gasteiger partial charge on any atom is 0.216 e. The van der Waals surface area contributed by atoms with Crippen LogP contribution in [0.1, 0.15) is 17.0 Å². The van der Waals surface area contributed by atoms with Crippen LogP contribution in [-0.2, 0) is 6.42 Å². The highest BCUT2D eigenvalue weighted by atomic mass is 16.5. The van der Waals surface area contributed by atoms with E-state index in [9.17, 15) is 0 Å². The predicted molar refractivity (Wildman–Crippen MR) is 73.5 cm³/mol. The van der Waals surface area contributed by atoms with Gasteiger partial charge in [0.15, 0.2) is 11.5 Å². The number of aryl methyl sites for hydroxylation is 1. The fourth-order valence-electron chi connectivity index (χ4n) is 2.16. The van der Waals surface area contributed by atoms with Gasteiger partial charge in [-0.05, 0) is 18.6 Å². The molecule has 0 amide bonds. The number of fused-ring (bicyclic) bond motifs is 1. The third-order valence-corrected chi connectivity index (χ3v) is 3.02. The van der Waals surface area contributed by atoms with Gasteiger partial charge in [-0.3, -0.25) is 0 Å². The summed E-state index contributed by atoms with van der Waals surface area (Å²) < 4.78 is 7.00. The SMILES string of the molecule is COc1cccc2nc(Cc3cccc(C)c3)nn12. The lowest BCUT2D eigenvalue weighted by atomic mass is 10.1. The van der Waals surface area contributed by atoms with Gasteiger partial charge in [-0.25, -0.2) is 4.98 Å². The molecule has 0 saturated heterocycles. The molecule has 0 radical (unpaired) electrons. The summed E-state index contributed by atoms with van der Waals surface area (Å²) in [6.45, 7) is 2.09. The molecule has 0 spiro atoms. The summed E-state index contributed by atoms with van der Waals surface area (Å²) in [6.07, 6.45) is 0.729. The van der Waals surface area contributed by atoms with Gasteiger partial charge in [0.2, 0.25) is 5.88 Å². The Balaban J connectivity index is 1.98.